The van der Waals surface area contributed by atoms with E-state index >= 15 is 0 Å². The van der Waals surface area contributed by atoms with Crippen LogP contribution in [-0.2, 0) is 6.54 Å². The van der Waals surface area contributed by atoms with Gasteiger partial charge in [0.15, 0.2) is 0 Å². The Hall–Kier alpha value is -3.28. The highest BCUT2D eigenvalue weighted by atomic mass is 16.4. The molecule has 2 heterocycles. The van der Waals surface area contributed by atoms with Crippen molar-refractivity contribution in [3.05, 3.63) is 75.6 Å². The highest BCUT2D eigenvalue weighted by Gasteiger charge is 2.13. The second kappa shape index (κ2) is 6.79. The Kier molecular flexibility index (Phi) is 4.32. The summed E-state index contributed by atoms with van der Waals surface area (Å²) in [6, 6.07) is 15.2. The summed E-state index contributed by atoms with van der Waals surface area (Å²) < 4.78 is 5.41. The summed E-state index contributed by atoms with van der Waals surface area (Å²) in [5.41, 5.74) is 4.27. The molecule has 0 unspecified atom stereocenters. The van der Waals surface area contributed by atoms with Gasteiger partial charge in [-0.15, -0.1) is 10.2 Å². The first kappa shape index (κ1) is 17.1. The van der Waals surface area contributed by atoms with E-state index in [4.69, 9.17) is 4.42 Å². The molecule has 2 aromatic carbocycles. The minimum Gasteiger partial charge on any atom is -0.423 e. The maximum absolute atomic E-state index is 12.0. The second-order valence-electron chi connectivity index (χ2n) is 6.96. The van der Waals surface area contributed by atoms with E-state index in [0.29, 0.717) is 23.9 Å². The Balaban J connectivity index is 1.77. The zero-order chi connectivity index (χ0) is 19.0. The van der Waals surface area contributed by atoms with Crippen molar-refractivity contribution in [3.63, 3.8) is 0 Å². The van der Waals surface area contributed by atoms with Crippen molar-refractivity contribution in [2.24, 2.45) is 0 Å². The van der Waals surface area contributed by atoms with Gasteiger partial charge in [0.1, 0.15) is 5.58 Å². The first-order valence-corrected chi connectivity index (χ1v) is 8.92. The Morgan fingerprint density at radius 2 is 1.89 bits per heavy atom. The van der Waals surface area contributed by atoms with E-state index in [2.05, 4.69) is 35.3 Å². The quantitative estimate of drug-likeness (QED) is 0.516. The summed E-state index contributed by atoms with van der Waals surface area (Å²) in [6.07, 6.45) is 0. The van der Waals surface area contributed by atoms with E-state index < -0.39 is 0 Å². The normalized spacial score (nSPS) is 11.4. The van der Waals surface area contributed by atoms with Crippen molar-refractivity contribution in [1.29, 1.82) is 0 Å². The highest BCUT2D eigenvalue weighted by Crippen LogP contribution is 2.27. The largest absolute Gasteiger partial charge is 0.423 e. The molecule has 136 valence electrons. The SMILES string of the molecule is Cc1cc2oc(=O)cc(Cn3nnc(-c4ccccc4)n3)c2cc1C(C)C. The van der Waals surface area contributed by atoms with Crippen molar-refractivity contribution in [1.82, 2.24) is 20.2 Å². The third-order valence-electron chi connectivity index (χ3n) is 4.64. The third-order valence-corrected chi connectivity index (χ3v) is 4.64. The minimum absolute atomic E-state index is 0.350. The van der Waals surface area contributed by atoms with Gasteiger partial charge < -0.3 is 4.42 Å². The molecule has 2 aromatic heterocycles. The molecule has 0 aliphatic heterocycles. The molecule has 0 saturated carbocycles. The van der Waals surface area contributed by atoms with Crippen molar-refractivity contribution in [2.75, 3.05) is 0 Å². The van der Waals surface area contributed by atoms with Gasteiger partial charge in [0, 0.05) is 17.0 Å². The van der Waals surface area contributed by atoms with E-state index in [1.165, 1.54) is 16.4 Å². The summed E-state index contributed by atoms with van der Waals surface area (Å²) in [6.45, 7) is 6.69. The lowest BCUT2D eigenvalue weighted by Crippen LogP contribution is -2.09. The van der Waals surface area contributed by atoms with Gasteiger partial charge >= 0.3 is 5.63 Å². The molecule has 0 atom stereocenters. The summed E-state index contributed by atoms with van der Waals surface area (Å²) in [4.78, 5) is 13.5. The lowest BCUT2D eigenvalue weighted by atomic mass is 9.95. The molecule has 27 heavy (non-hydrogen) atoms. The van der Waals surface area contributed by atoms with E-state index in [-0.39, 0.29) is 5.63 Å². The average Bonchev–Trinajstić information content (AvgIpc) is 3.10. The minimum atomic E-state index is -0.377. The molecule has 0 saturated heterocycles. The maximum atomic E-state index is 12.0. The average molecular weight is 360 g/mol. The lowest BCUT2D eigenvalue weighted by Gasteiger charge is -2.12. The first-order valence-electron chi connectivity index (χ1n) is 8.92. The van der Waals surface area contributed by atoms with Gasteiger partial charge in [-0.25, -0.2) is 4.79 Å². The number of aryl methyl sites for hydroxylation is 1. The van der Waals surface area contributed by atoms with Crippen molar-refractivity contribution >= 4 is 11.0 Å². The molecular weight excluding hydrogens is 340 g/mol. The molecule has 4 aromatic rings. The Morgan fingerprint density at radius 3 is 2.63 bits per heavy atom. The number of hydrogen-bond donors (Lipinski definition) is 0. The molecule has 0 fully saturated rings. The number of nitrogens with zero attached hydrogens (tertiary/aromatic N) is 4. The number of fused-ring (bicyclic) bond motifs is 1. The van der Waals surface area contributed by atoms with Crippen molar-refractivity contribution in [2.45, 2.75) is 33.2 Å². The van der Waals surface area contributed by atoms with Gasteiger partial charge in [-0.2, -0.15) is 4.80 Å². The standard InChI is InChI=1S/C21H20N4O2/c1-13(2)17-11-18-16(10-20(26)27-19(18)9-14(17)3)12-25-23-21(22-24-25)15-7-5-4-6-8-15/h4-11,13H,12H2,1-3H3. The van der Waals surface area contributed by atoms with Crippen LogP contribution in [0.5, 0.6) is 0 Å². The van der Waals surface area contributed by atoms with Gasteiger partial charge in [-0.05, 0) is 46.9 Å². The molecule has 0 radical (unpaired) electrons. The van der Waals surface area contributed by atoms with Crippen LogP contribution >= 0.6 is 0 Å². The van der Waals surface area contributed by atoms with E-state index in [1.807, 2.05) is 43.3 Å². The second-order valence-corrected chi connectivity index (χ2v) is 6.96. The summed E-state index contributed by atoms with van der Waals surface area (Å²) in [5.74, 6) is 0.935. The number of aromatic nitrogens is 4. The Labute approximate surface area is 156 Å². The smallest absolute Gasteiger partial charge is 0.336 e. The van der Waals surface area contributed by atoms with E-state index in [0.717, 1.165) is 22.1 Å². The Morgan fingerprint density at radius 1 is 1.11 bits per heavy atom. The van der Waals surface area contributed by atoms with Crippen LogP contribution in [-0.4, -0.2) is 20.2 Å². The van der Waals surface area contributed by atoms with Crippen LogP contribution in [0.4, 0.5) is 0 Å². The topological polar surface area (TPSA) is 73.8 Å². The molecule has 4 rings (SSSR count). The van der Waals surface area contributed by atoms with Crippen LogP contribution < -0.4 is 5.63 Å². The number of benzene rings is 2. The van der Waals surface area contributed by atoms with Crippen molar-refractivity contribution in [3.8, 4) is 11.4 Å². The van der Waals surface area contributed by atoms with Crippen molar-refractivity contribution < 1.29 is 4.42 Å². The Bertz CT molecular complexity index is 1160. The van der Waals surface area contributed by atoms with Crippen LogP contribution in [0.2, 0.25) is 0 Å². The van der Waals surface area contributed by atoms with Crippen LogP contribution in [0.15, 0.2) is 57.7 Å². The molecule has 0 aliphatic carbocycles. The van der Waals surface area contributed by atoms with Crippen LogP contribution in [0.25, 0.3) is 22.4 Å². The monoisotopic (exact) mass is 360 g/mol. The van der Waals surface area contributed by atoms with Gasteiger partial charge in [-0.1, -0.05) is 44.2 Å². The number of hydrogen-bond acceptors (Lipinski definition) is 5. The van der Waals surface area contributed by atoms with Gasteiger partial charge in [0.25, 0.3) is 0 Å². The third kappa shape index (κ3) is 3.38. The summed E-state index contributed by atoms with van der Waals surface area (Å²) in [5, 5.41) is 13.6. The fourth-order valence-electron chi connectivity index (χ4n) is 3.31. The molecule has 6 nitrogen and oxygen atoms in total. The maximum Gasteiger partial charge on any atom is 0.336 e. The van der Waals surface area contributed by atoms with Crippen LogP contribution in [0, 0.1) is 6.92 Å². The number of rotatable bonds is 4. The lowest BCUT2D eigenvalue weighted by molar-refractivity contribution is 0.545. The fourth-order valence-corrected chi connectivity index (χ4v) is 3.31. The zero-order valence-electron chi connectivity index (χ0n) is 15.5. The zero-order valence-corrected chi connectivity index (χ0v) is 15.5. The van der Waals surface area contributed by atoms with Crippen LogP contribution in [0.3, 0.4) is 0 Å². The predicted molar refractivity (Wildman–Crippen MR) is 104 cm³/mol. The molecule has 0 bridgehead atoms. The van der Waals surface area contributed by atoms with Gasteiger partial charge in [0.2, 0.25) is 5.82 Å². The first-order chi connectivity index (χ1) is 13.0. The summed E-state index contributed by atoms with van der Waals surface area (Å²) >= 11 is 0. The van der Waals surface area contributed by atoms with E-state index in [1.54, 1.807) is 0 Å². The molecule has 0 N–H and O–H groups in total. The van der Waals surface area contributed by atoms with Crippen LogP contribution in [0.1, 0.15) is 36.5 Å². The predicted octanol–water partition coefficient (Wildman–Crippen LogP) is 3.93. The number of tetrazole rings is 1. The molecule has 0 amide bonds. The molecular formula is C21H20N4O2. The molecule has 0 spiro atoms. The van der Waals surface area contributed by atoms with E-state index in [9.17, 15) is 4.79 Å². The fraction of sp³-hybridized carbons (Fsp3) is 0.238. The highest BCUT2D eigenvalue weighted by molar-refractivity contribution is 5.82. The molecule has 6 heteroatoms. The molecule has 0 aliphatic rings. The van der Waals surface area contributed by atoms with Gasteiger partial charge in [-0.3, -0.25) is 0 Å². The summed E-state index contributed by atoms with van der Waals surface area (Å²) in [7, 11) is 0. The van der Waals surface area contributed by atoms with Gasteiger partial charge in [0.05, 0.1) is 6.54 Å².